The van der Waals surface area contributed by atoms with Crippen LogP contribution in [-0.2, 0) is 0 Å². The van der Waals surface area contributed by atoms with Crippen LogP contribution in [0.2, 0.25) is 0 Å². The second-order valence-corrected chi connectivity index (χ2v) is 6.64. The van der Waals surface area contributed by atoms with Crippen molar-refractivity contribution in [3.05, 3.63) is 96.1 Å². The highest BCUT2D eigenvalue weighted by molar-refractivity contribution is 6.07. The van der Waals surface area contributed by atoms with Crippen molar-refractivity contribution >= 4 is 23.0 Å². The van der Waals surface area contributed by atoms with Crippen molar-refractivity contribution in [1.29, 1.82) is 0 Å². The summed E-state index contributed by atoms with van der Waals surface area (Å²) in [7, 11) is 0. The van der Waals surface area contributed by atoms with Gasteiger partial charge in [-0.05, 0) is 36.8 Å². The lowest BCUT2D eigenvalue weighted by molar-refractivity contribution is 0.0956. The van der Waals surface area contributed by atoms with Crippen LogP contribution in [0.4, 0.5) is 0 Å². The van der Waals surface area contributed by atoms with Crippen molar-refractivity contribution in [3.63, 3.8) is 0 Å². The minimum absolute atomic E-state index is 0.289. The summed E-state index contributed by atoms with van der Waals surface area (Å²) in [5.74, 6) is 0.475. The van der Waals surface area contributed by atoms with Gasteiger partial charge in [0.05, 0.1) is 29.6 Å². The van der Waals surface area contributed by atoms with Gasteiger partial charge >= 0.3 is 0 Å². The molecule has 5 heteroatoms. The van der Waals surface area contributed by atoms with Crippen LogP contribution in [0, 0.1) is 0 Å². The lowest BCUT2D eigenvalue weighted by Gasteiger charge is -2.09. The third-order valence-corrected chi connectivity index (χ3v) is 4.58. The van der Waals surface area contributed by atoms with Gasteiger partial charge in [0.15, 0.2) is 0 Å². The summed E-state index contributed by atoms with van der Waals surface area (Å²) in [6.45, 7) is 2.53. The minimum atomic E-state index is -0.289. The summed E-state index contributed by atoms with van der Waals surface area (Å²) in [6, 6.07) is 26.7. The number of amides is 1. The van der Waals surface area contributed by atoms with Gasteiger partial charge in [-0.1, -0.05) is 60.7 Å². The highest BCUT2D eigenvalue weighted by Crippen LogP contribution is 2.24. The molecule has 0 unspecified atom stereocenters. The summed E-state index contributed by atoms with van der Waals surface area (Å²) >= 11 is 0. The second kappa shape index (κ2) is 9.01. The Hall–Kier alpha value is -3.99. The van der Waals surface area contributed by atoms with Crippen LogP contribution in [0.15, 0.2) is 90.0 Å². The van der Waals surface area contributed by atoms with E-state index in [1.165, 1.54) is 0 Å². The quantitative estimate of drug-likeness (QED) is 0.366. The fourth-order valence-electron chi connectivity index (χ4n) is 3.20. The van der Waals surface area contributed by atoms with Crippen LogP contribution in [0.3, 0.4) is 0 Å². The topological polar surface area (TPSA) is 63.6 Å². The van der Waals surface area contributed by atoms with Crippen LogP contribution < -0.4 is 10.2 Å². The summed E-state index contributed by atoms with van der Waals surface area (Å²) < 4.78 is 5.49. The summed E-state index contributed by atoms with van der Waals surface area (Å²) in [5, 5.41) is 4.91. The fourth-order valence-corrected chi connectivity index (χ4v) is 3.20. The molecule has 4 rings (SSSR count). The molecule has 0 aliphatic rings. The number of ether oxygens (including phenoxy) is 1. The molecule has 0 saturated heterocycles. The van der Waals surface area contributed by atoms with Gasteiger partial charge in [-0.15, -0.1) is 0 Å². The smallest absolute Gasteiger partial charge is 0.272 e. The first-order valence-corrected chi connectivity index (χ1v) is 9.76. The molecule has 0 saturated carbocycles. The van der Waals surface area contributed by atoms with Gasteiger partial charge in [0, 0.05) is 10.9 Å². The number of hydrazone groups is 1. The number of carbonyl (C=O) groups excluding carboxylic acids is 1. The summed E-state index contributed by atoms with van der Waals surface area (Å²) in [6.07, 6.45) is 1.60. The van der Waals surface area contributed by atoms with Crippen LogP contribution >= 0.6 is 0 Å². The Kier molecular flexibility index (Phi) is 5.80. The lowest BCUT2D eigenvalue weighted by Crippen LogP contribution is -2.18. The molecule has 1 aromatic heterocycles. The zero-order chi connectivity index (χ0) is 20.8. The van der Waals surface area contributed by atoms with Gasteiger partial charge in [0.25, 0.3) is 5.91 Å². The Bertz CT molecular complexity index is 1200. The van der Waals surface area contributed by atoms with Crippen molar-refractivity contribution in [3.8, 4) is 17.0 Å². The molecule has 3 aromatic carbocycles. The number of carbonyl (C=O) groups is 1. The number of aromatic nitrogens is 1. The molecule has 30 heavy (non-hydrogen) atoms. The molecule has 1 N–H and O–H groups in total. The average Bonchev–Trinajstić information content (AvgIpc) is 2.79. The minimum Gasteiger partial charge on any atom is -0.494 e. The van der Waals surface area contributed by atoms with E-state index >= 15 is 0 Å². The molecule has 1 amide bonds. The Morgan fingerprint density at radius 1 is 1.00 bits per heavy atom. The van der Waals surface area contributed by atoms with Gasteiger partial charge < -0.3 is 4.74 Å². The van der Waals surface area contributed by atoms with Crippen molar-refractivity contribution in [1.82, 2.24) is 10.4 Å². The van der Waals surface area contributed by atoms with E-state index in [0.717, 1.165) is 33.5 Å². The molecule has 0 aliphatic heterocycles. The van der Waals surface area contributed by atoms with Crippen LogP contribution in [0.1, 0.15) is 22.8 Å². The molecule has 5 nitrogen and oxygen atoms in total. The van der Waals surface area contributed by atoms with Crippen molar-refractivity contribution in [2.75, 3.05) is 6.61 Å². The first-order chi connectivity index (χ1) is 14.7. The summed E-state index contributed by atoms with van der Waals surface area (Å²) in [4.78, 5) is 17.6. The van der Waals surface area contributed by atoms with Gasteiger partial charge in [0.2, 0.25) is 0 Å². The number of benzene rings is 3. The number of hydrogen-bond acceptors (Lipinski definition) is 4. The predicted molar refractivity (Wildman–Crippen MR) is 120 cm³/mol. The Morgan fingerprint density at radius 2 is 1.80 bits per heavy atom. The Labute approximate surface area is 175 Å². The van der Waals surface area contributed by atoms with Crippen molar-refractivity contribution < 1.29 is 9.53 Å². The first kappa shape index (κ1) is 19.3. The van der Waals surface area contributed by atoms with Crippen molar-refractivity contribution in [2.24, 2.45) is 5.10 Å². The number of hydrogen-bond donors (Lipinski definition) is 1. The van der Waals surface area contributed by atoms with Crippen LogP contribution in [0.25, 0.3) is 22.2 Å². The molecular weight excluding hydrogens is 374 g/mol. The molecule has 0 radical (unpaired) electrons. The third kappa shape index (κ3) is 4.36. The molecule has 4 aromatic rings. The number of fused-ring (bicyclic) bond motifs is 1. The highest BCUT2D eigenvalue weighted by atomic mass is 16.5. The maximum Gasteiger partial charge on any atom is 0.272 e. The molecule has 0 spiro atoms. The van der Waals surface area contributed by atoms with E-state index in [9.17, 15) is 4.79 Å². The third-order valence-electron chi connectivity index (χ3n) is 4.58. The molecule has 148 valence electrons. The van der Waals surface area contributed by atoms with Crippen molar-refractivity contribution in [2.45, 2.75) is 6.92 Å². The van der Waals surface area contributed by atoms with E-state index in [2.05, 4.69) is 10.5 Å². The zero-order valence-electron chi connectivity index (χ0n) is 16.6. The summed E-state index contributed by atoms with van der Waals surface area (Å²) in [5.41, 5.74) is 6.46. The van der Waals surface area contributed by atoms with E-state index < -0.39 is 0 Å². The number of nitrogens with zero attached hydrogens (tertiary/aromatic N) is 2. The predicted octanol–water partition coefficient (Wildman–Crippen LogP) is 5.06. The highest BCUT2D eigenvalue weighted by Gasteiger charge is 2.13. The number of pyridine rings is 1. The van der Waals surface area contributed by atoms with Gasteiger partial charge in [-0.2, -0.15) is 5.10 Å². The van der Waals surface area contributed by atoms with Gasteiger partial charge in [-0.25, -0.2) is 10.4 Å². The first-order valence-electron chi connectivity index (χ1n) is 9.76. The number of rotatable bonds is 6. The van der Waals surface area contributed by atoms with E-state index in [-0.39, 0.29) is 5.91 Å². The second-order valence-electron chi connectivity index (χ2n) is 6.64. The normalized spacial score (nSPS) is 11.0. The molecule has 1 heterocycles. The molecule has 0 atom stereocenters. The SMILES string of the molecule is CCOc1cccc(/C=N\NC(=O)c2cc(-c3ccccc3)nc3ccccc23)c1. The Morgan fingerprint density at radius 3 is 2.63 bits per heavy atom. The van der Waals surface area contributed by atoms with E-state index in [1.54, 1.807) is 12.3 Å². The standard InChI is InChI=1S/C25H21N3O2/c1-2-30-20-12-8-9-18(15-20)17-26-28-25(29)22-16-24(19-10-4-3-5-11-19)27-23-14-7-6-13-21(22)23/h3-17H,2H2,1H3,(H,28,29)/b26-17-. The average molecular weight is 395 g/mol. The van der Waals surface area contributed by atoms with Gasteiger partial charge in [-0.3, -0.25) is 4.79 Å². The maximum absolute atomic E-state index is 12.9. The molecule has 0 aliphatic carbocycles. The molecular formula is C25H21N3O2. The van der Waals surface area contributed by atoms with Crippen LogP contribution in [-0.4, -0.2) is 23.7 Å². The zero-order valence-corrected chi connectivity index (χ0v) is 16.6. The molecule has 0 fully saturated rings. The number of para-hydroxylation sites is 1. The maximum atomic E-state index is 12.9. The monoisotopic (exact) mass is 395 g/mol. The number of nitrogens with one attached hydrogen (secondary N) is 1. The fraction of sp³-hybridized carbons (Fsp3) is 0.0800. The molecule has 0 bridgehead atoms. The lowest BCUT2D eigenvalue weighted by atomic mass is 10.0. The van der Waals surface area contributed by atoms with E-state index in [1.807, 2.05) is 85.8 Å². The van der Waals surface area contributed by atoms with E-state index in [4.69, 9.17) is 9.72 Å². The van der Waals surface area contributed by atoms with E-state index in [0.29, 0.717) is 12.2 Å². The Balaban J connectivity index is 1.62. The largest absolute Gasteiger partial charge is 0.494 e. The van der Waals surface area contributed by atoms with Crippen LogP contribution in [0.5, 0.6) is 5.75 Å². The van der Waals surface area contributed by atoms with Gasteiger partial charge in [0.1, 0.15) is 5.75 Å².